The fourth-order valence-electron chi connectivity index (χ4n) is 2.81. The molecule has 1 aliphatic rings. The van der Waals surface area contributed by atoms with Gasteiger partial charge in [-0.1, -0.05) is 11.3 Å². The van der Waals surface area contributed by atoms with Crippen molar-refractivity contribution in [1.29, 1.82) is 0 Å². The first-order valence-electron chi connectivity index (χ1n) is 8.48. The maximum Gasteiger partial charge on any atom is 0.277 e. The summed E-state index contributed by atoms with van der Waals surface area (Å²) in [5.74, 6) is -0.102. The van der Waals surface area contributed by atoms with Crippen molar-refractivity contribution in [2.24, 2.45) is 0 Å². The summed E-state index contributed by atoms with van der Waals surface area (Å²) in [5, 5.41) is 14.0. The number of alkyl halides is 2. The summed E-state index contributed by atoms with van der Waals surface area (Å²) in [5.41, 5.74) is 1.36. The van der Waals surface area contributed by atoms with Crippen molar-refractivity contribution >= 4 is 11.6 Å². The van der Waals surface area contributed by atoms with Gasteiger partial charge in [-0.2, -0.15) is 0 Å². The number of anilines is 1. The zero-order chi connectivity index (χ0) is 18.5. The van der Waals surface area contributed by atoms with E-state index >= 15 is 0 Å². The van der Waals surface area contributed by atoms with Crippen molar-refractivity contribution in [3.8, 4) is 5.75 Å². The first kappa shape index (κ1) is 18.2. The van der Waals surface area contributed by atoms with E-state index in [1.807, 2.05) is 0 Å². The molecule has 1 aliphatic heterocycles. The number of amides is 1. The van der Waals surface area contributed by atoms with E-state index in [2.05, 4.69) is 20.9 Å². The number of rotatable bonds is 6. The van der Waals surface area contributed by atoms with Gasteiger partial charge in [0.1, 0.15) is 12.4 Å². The highest BCUT2D eigenvalue weighted by atomic mass is 19.3. The van der Waals surface area contributed by atoms with Crippen LogP contribution in [0.3, 0.4) is 0 Å². The summed E-state index contributed by atoms with van der Waals surface area (Å²) in [6, 6.07) is 5.13. The van der Waals surface area contributed by atoms with E-state index in [1.54, 1.807) is 29.9 Å². The van der Waals surface area contributed by atoms with Crippen molar-refractivity contribution in [3.63, 3.8) is 0 Å². The summed E-state index contributed by atoms with van der Waals surface area (Å²) < 4.78 is 31.4. The third-order valence-corrected chi connectivity index (χ3v) is 4.24. The fraction of sp³-hybridized carbons (Fsp3) is 0.471. The third kappa shape index (κ3) is 4.54. The number of ether oxygens (including phenoxy) is 1. The lowest BCUT2D eigenvalue weighted by molar-refractivity contribution is 0.0815. The minimum absolute atomic E-state index is 0.208. The van der Waals surface area contributed by atoms with Gasteiger partial charge in [0.2, 0.25) is 0 Å². The average molecular weight is 365 g/mol. The van der Waals surface area contributed by atoms with Crippen molar-refractivity contribution in [2.75, 3.05) is 25.0 Å². The Labute approximate surface area is 149 Å². The van der Waals surface area contributed by atoms with Crippen LogP contribution in [0, 0.1) is 6.92 Å². The lowest BCUT2D eigenvalue weighted by atomic mass is 10.1. The molecule has 140 valence electrons. The second-order valence-corrected chi connectivity index (χ2v) is 6.20. The largest absolute Gasteiger partial charge is 0.487 e. The number of carbonyl (C=O) groups is 1. The predicted octanol–water partition coefficient (Wildman–Crippen LogP) is 2.41. The van der Waals surface area contributed by atoms with Crippen LogP contribution in [0.2, 0.25) is 0 Å². The molecule has 0 aliphatic carbocycles. The van der Waals surface area contributed by atoms with Crippen molar-refractivity contribution in [3.05, 3.63) is 35.7 Å². The molecule has 0 atom stereocenters. The Balaban J connectivity index is 1.66. The van der Waals surface area contributed by atoms with Gasteiger partial charge in [-0.25, -0.2) is 13.5 Å². The summed E-state index contributed by atoms with van der Waals surface area (Å²) in [6.45, 7) is 2.88. The van der Waals surface area contributed by atoms with Gasteiger partial charge in [-0.05, 0) is 44.5 Å². The molecular formula is C17H21F2N5O2. The molecule has 2 heterocycles. The lowest BCUT2D eigenvalue weighted by Crippen LogP contribution is -2.29. The van der Waals surface area contributed by atoms with Crippen LogP contribution in [0.25, 0.3) is 0 Å². The van der Waals surface area contributed by atoms with Gasteiger partial charge in [0, 0.05) is 11.8 Å². The smallest absolute Gasteiger partial charge is 0.277 e. The minimum atomic E-state index is -2.56. The van der Waals surface area contributed by atoms with E-state index in [4.69, 9.17) is 4.74 Å². The number of nitrogens with one attached hydrogen (secondary N) is 2. The number of hydrogen-bond donors (Lipinski definition) is 2. The number of benzene rings is 1. The molecule has 1 amide bonds. The summed E-state index contributed by atoms with van der Waals surface area (Å²) >= 11 is 0. The van der Waals surface area contributed by atoms with Gasteiger partial charge in [0.05, 0.1) is 12.2 Å². The highest BCUT2D eigenvalue weighted by molar-refractivity contribution is 6.02. The monoisotopic (exact) mass is 365 g/mol. The molecule has 9 heteroatoms. The van der Waals surface area contributed by atoms with Crippen molar-refractivity contribution in [1.82, 2.24) is 20.3 Å². The molecule has 3 rings (SSSR count). The second-order valence-electron chi connectivity index (χ2n) is 6.20. The molecule has 0 radical (unpaired) electrons. The van der Waals surface area contributed by atoms with Gasteiger partial charge < -0.3 is 15.4 Å². The molecule has 1 saturated heterocycles. The Kier molecular flexibility index (Phi) is 5.77. The highest BCUT2D eigenvalue weighted by Crippen LogP contribution is 2.24. The fourth-order valence-corrected chi connectivity index (χ4v) is 2.81. The molecule has 1 aromatic carbocycles. The number of aromatic nitrogens is 3. The van der Waals surface area contributed by atoms with Crippen LogP contribution in [0.5, 0.6) is 5.75 Å². The molecule has 1 aromatic heterocycles. The van der Waals surface area contributed by atoms with Crippen LogP contribution < -0.4 is 15.4 Å². The number of piperidine rings is 1. The molecule has 26 heavy (non-hydrogen) atoms. The lowest BCUT2D eigenvalue weighted by Gasteiger charge is -2.22. The van der Waals surface area contributed by atoms with Gasteiger partial charge in [0.15, 0.2) is 5.69 Å². The van der Waals surface area contributed by atoms with E-state index in [-0.39, 0.29) is 11.7 Å². The maximum absolute atomic E-state index is 12.4. The first-order chi connectivity index (χ1) is 12.5. The molecule has 7 nitrogen and oxygen atoms in total. The highest BCUT2D eigenvalue weighted by Gasteiger charge is 2.19. The standard InChI is InChI=1S/C17H21F2N5O2/c1-11-2-3-12(8-15(11)26-10-16(18)19)21-17(25)14-9-24(23-22-14)13-4-6-20-7-5-13/h2-3,8-9,13,16,20H,4-7,10H2,1H3,(H,21,25). The quantitative estimate of drug-likeness (QED) is 0.822. The van der Waals surface area contributed by atoms with Crippen LogP contribution in [-0.4, -0.2) is 47.0 Å². The van der Waals surface area contributed by atoms with E-state index in [0.29, 0.717) is 17.0 Å². The SMILES string of the molecule is Cc1ccc(NC(=O)c2cn(C3CCNCC3)nn2)cc1OCC(F)F. The van der Waals surface area contributed by atoms with Crippen LogP contribution in [0.1, 0.15) is 34.9 Å². The van der Waals surface area contributed by atoms with Crippen LogP contribution >= 0.6 is 0 Å². The van der Waals surface area contributed by atoms with Crippen LogP contribution in [-0.2, 0) is 0 Å². The van der Waals surface area contributed by atoms with Crippen LogP contribution in [0.15, 0.2) is 24.4 Å². The number of nitrogens with zero attached hydrogens (tertiary/aromatic N) is 3. The van der Waals surface area contributed by atoms with Crippen molar-refractivity contribution < 1.29 is 18.3 Å². The first-order valence-corrected chi connectivity index (χ1v) is 8.48. The van der Waals surface area contributed by atoms with Gasteiger partial charge in [-0.3, -0.25) is 4.79 Å². The number of carbonyl (C=O) groups excluding carboxylic acids is 1. The van der Waals surface area contributed by atoms with Crippen molar-refractivity contribution in [2.45, 2.75) is 32.2 Å². The van der Waals surface area contributed by atoms with Gasteiger partial charge in [-0.15, -0.1) is 5.10 Å². The predicted molar refractivity (Wildman–Crippen MR) is 91.8 cm³/mol. The molecule has 1 fully saturated rings. The Bertz CT molecular complexity index is 759. The summed E-state index contributed by atoms with van der Waals surface area (Å²) in [7, 11) is 0. The zero-order valence-electron chi connectivity index (χ0n) is 14.4. The Morgan fingerprint density at radius 1 is 1.42 bits per heavy atom. The molecule has 0 spiro atoms. The Hall–Kier alpha value is -2.55. The molecule has 2 aromatic rings. The maximum atomic E-state index is 12.4. The Morgan fingerprint density at radius 2 is 2.19 bits per heavy atom. The molecule has 0 saturated carbocycles. The van der Waals surface area contributed by atoms with E-state index in [0.717, 1.165) is 25.9 Å². The normalized spacial score (nSPS) is 15.2. The van der Waals surface area contributed by atoms with E-state index in [9.17, 15) is 13.6 Å². The second kappa shape index (κ2) is 8.22. The van der Waals surface area contributed by atoms with Gasteiger partial charge >= 0.3 is 0 Å². The number of hydrogen-bond acceptors (Lipinski definition) is 5. The molecule has 0 bridgehead atoms. The third-order valence-electron chi connectivity index (χ3n) is 4.24. The van der Waals surface area contributed by atoms with E-state index in [1.165, 1.54) is 6.07 Å². The minimum Gasteiger partial charge on any atom is -0.487 e. The molecular weight excluding hydrogens is 344 g/mol. The summed E-state index contributed by atoms with van der Waals surface area (Å²) in [4.78, 5) is 12.4. The number of halogens is 2. The molecule has 0 unspecified atom stereocenters. The summed E-state index contributed by atoms with van der Waals surface area (Å²) in [6.07, 6.45) is 0.950. The number of aryl methyl sites for hydroxylation is 1. The van der Waals surface area contributed by atoms with E-state index < -0.39 is 18.9 Å². The van der Waals surface area contributed by atoms with Gasteiger partial charge in [0.25, 0.3) is 12.3 Å². The molecule has 2 N–H and O–H groups in total. The zero-order valence-corrected chi connectivity index (χ0v) is 14.4. The topological polar surface area (TPSA) is 81.1 Å². The average Bonchev–Trinajstić information content (AvgIpc) is 3.13. The Morgan fingerprint density at radius 3 is 2.92 bits per heavy atom. The van der Waals surface area contributed by atoms with Crippen LogP contribution in [0.4, 0.5) is 14.5 Å².